The van der Waals surface area contributed by atoms with Gasteiger partial charge in [-0.3, -0.25) is 0 Å². The van der Waals surface area contributed by atoms with E-state index in [-0.39, 0.29) is 15.6 Å². The highest BCUT2D eigenvalue weighted by Crippen LogP contribution is 2.52. The Morgan fingerprint density at radius 2 is 1.13 bits per heavy atom. The van der Waals surface area contributed by atoms with Gasteiger partial charge in [-0.15, -0.1) is 0 Å². The van der Waals surface area contributed by atoms with Crippen LogP contribution in [-0.2, 0) is 15.6 Å². The van der Waals surface area contributed by atoms with Crippen LogP contribution < -0.4 is 4.90 Å². The summed E-state index contributed by atoms with van der Waals surface area (Å²) in [6, 6.07) is 55.6. The number of thiol groups is 1. The Balaban J connectivity index is 1.15. The molecule has 1 aliphatic rings. The highest BCUT2D eigenvalue weighted by Gasteiger charge is 2.36. The Morgan fingerprint density at radius 3 is 1.82 bits per heavy atom. The highest BCUT2D eigenvalue weighted by molar-refractivity contribution is 7.81. The molecule has 0 spiro atoms. The fourth-order valence-electron chi connectivity index (χ4n) is 8.48. The summed E-state index contributed by atoms with van der Waals surface area (Å²) >= 11 is 4.86. The van der Waals surface area contributed by atoms with Crippen LogP contribution in [0.5, 0.6) is 0 Å². The lowest BCUT2D eigenvalue weighted by Crippen LogP contribution is -2.16. The molecule has 0 aliphatic heterocycles. The molecule has 0 saturated carbocycles. The van der Waals surface area contributed by atoms with Crippen molar-refractivity contribution in [2.75, 3.05) is 4.90 Å². The first-order valence-electron chi connectivity index (χ1n) is 19.3. The molecule has 1 heterocycles. The maximum absolute atomic E-state index is 6.48. The Kier molecular flexibility index (Phi) is 8.18. The predicted molar refractivity (Wildman–Crippen MR) is 238 cm³/mol. The van der Waals surface area contributed by atoms with E-state index in [2.05, 4.69) is 205 Å². The van der Waals surface area contributed by atoms with E-state index in [1.54, 1.807) is 0 Å². The molecule has 0 unspecified atom stereocenters. The van der Waals surface area contributed by atoms with E-state index < -0.39 is 0 Å². The van der Waals surface area contributed by atoms with Crippen LogP contribution in [0.3, 0.4) is 0 Å². The van der Waals surface area contributed by atoms with Crippen molar-refractivity contribution in [2.45, 2.75) is 64.0 Å². The summed E-state index contributed by atoms with van der Waals surface area (Å²) in [5, 5.41) is 2.33. The quantitative estimate of drug-likeness (QED) is 0.171. The minimum Gasteiger partial charge on any atom is -0.456 e. The summed E-state index contributed by atoms with van der Waals surface area (Å²) in [4.78, 5) is 2.38. The summed E-state index contributed by atoms with van der Waals surface area (Å²) in [6.07, 6.45) is 0. The normalized spacial score (nSPS) is 13.6. The van der Waals surface area contributed by atoms with Gasteiger partial charge in [0.15, 0.2) is 0 Å². The molecule has 0 N–H and O–H groups in total. The Morgan fingerprint density at radius 1 is 0.491 bits per heavy atom. The van der Waals surface area contributed by atoms with Gasteiger partial charge < -0.3 is 9.32 Å². The standard InChI is InChI=1S/C52H47NOS/c1-50(2,3)37-21-27-43-48(31-37)54-47-15-11-14-41(49(43)47)35-18-29-45-44(30-35)42-28-26-40(32-46(42)51(45,4)5)53(39-24-19-36(20-25-39)52(6,7)55)38-22-16-34(17-23-38)33-12-9-8-10-13-33/h8-32,55H,1-7H3. The van der Waals surface area contributed by atoms with Crippen molar-refractivity contribution < 1.29 is 4.42 Å². The van der Waals surface area contributed by atoms with E-state index in [1.807, 2.05) is 0 Å². The molecule has 0 fully saturated rings. The minimum absolute atomic E-state index is 0.0498. The van der Waals surface area contributed by atoms with Gasteiger partial charge in [-0.25, -0.2) is 0 Å². The lowest BCUT2D eigenvalue weighted by atomic mass is 9.82. The summed E-state index contributed by atoms with van der Waals surface area (Å²) in [6.45, 7) is 15.7. The van der Waals surface area contributed by atoms with Crippen LogP contribution in [-0.4, -0.2) is 0 Å². The molecule has 0 radical (unpaired) electrons. The molecule has 55 heavy (non-hydrogen) atoms. The van der Waals surface area contributed by atoms with Crippen molar-refractivity contribution in [1.29, 1.82) is 0 Å². The van der Waals surface area contributed by atoms with E-state index >= 15 is 0 Å². The number of fused-ring (bicyclic) bond motifs is 6. The molecule has 272 valence electrons. The van der Waals surface area contributed by atoms with Crippen molar-refractivity contribution in [3.63, 3.8) is 0 Å². The predicted octanol–water partition coefficient (Wildman–Crippen LogP) is 15.2. The number of furan rings is 1. The second-order valence-electron chi connectivity index (χ2n) is 17.2. The maximum Gasteiger partial charge on any atom is 0.136 e. The summed E-state index contributed by atoms with van der Waals surface area (Å²) in [5.74, 6) is 0. The van der Waals surface area contributed by atoms with Crippen LogP contribution >= 0.6 is 12.6 Å². The third kappa shape index (κ3) is 6.06. The van der Waals surface area contributed by atoms with Crippen molar-refractivity contribution in [3.05, 3.63) is 174 Å². The lowest BCUT2D eigenvalue weighted by Gasteiger charge is -2.29. The van der Waals surface area contributed by atoms with Crippen molar-refractivity contribution in [2.24, 2.45) is 0 Å². The molecular weight excluding hydrogens is 687 g/mol. The molecular formula is C52H47NOS. The smallest absolute Gasteiger partial charge is 0.136 e. The second-order valence-corrected chi connectivity index (χ2v) is 18.3. The van der Waals surface area contributed by atoms with Gasteiger partial charge in [-0.2, -0.15) is 12.6 Å². The molecule has 9 rings (SSSR count). The third-order valence-corrected chi connectivity index (χ3v) is 11.9. The van der Waals surface area contributed by atoms with Crippen LogP contribution in [0.1, 0.15) is 70.7 Å². The molecule has 7 aromatic carbocycles. The van der Waals surface area contributed by atoms with Crippen molar-refractivity contribution in [3.8, 4) is 33.4 Å². The van der Waals surface area contributed by atoms with E-state index in [4.69, 9.17) is 17.0 Å². The van der Waals surface area contributed by atoms with Crippen molar-refractivity contribution >= 4 is 51.6 Å². The van der Waals surface area contributed by atoms with Crippen LogP contribution in [0.15, 0.2) is 156 Å². The zero-order chi connectivity index (χ0) is 38.3. The Labute approximate surface area is 330 Å². The van der Waals surface area contributed by atoms with E-state index in [9.17, 15) is 0 Å². The van der Waals surface area contributed by atoms with Crippen LogP contribution in [0.25, 0.3) is 55.3 Å². The van der Waals surface area contributed by atoms with E-state index in [0.717, 1.165) is 33.6 Å². The fourth-order valence-corrected chi connectivity index (χ4v) is 8.63. The molecule has 0 atom stereocenters. The number of rotatable bonds is 6. The molecule has 0 bridgehead atoms. The largest absolute Gasteiger partial charge is 0.456 e. The number of hydrogen-bond acceptors (Lipinski definition) is 3. The van der Waals surface area contributed by atoms with Crippen molar-refractivity contribution in [1.82, 2.24) is 0 Å². The fraction of sp³-hybridized carbons (Fsp3) is 0.192. The SMILES string of the molecule is CC(C)(C)c1ccc2c(c1)oc1cccc(-c3ccc4c(c3)-c3ccc(N(c5ccc(-c6ccccc6)cc5)c5ccc(C(C)(C)S)cc5)cc3C4(C)C)c12. The number of benzene rings is 7. The monoisotopic (exact) mass is 733 g/mol. The van der Waals surface area contributed by atoms with E-state index in [0.29, 0.717) is 0 Å². The molecule has 8 aromatic rings. The van der Waals surface area contributed by atoms with Gasteiger partial charge in [0.05, 0.1) is 0 Å². The highest BCUT2D eigenvalue weighted by atomic mass is 32.1. The molecule has 2 nitrogen and oxygen atoms in total. The van der Waals surface area contributed by atoms with Gasteiger partial charge in [0.1, 0.15) is 11.2 Å². The topological polar surface area (TPSA) is 16.4 Å². The zero-order valence-electron chi connectivity index (χ0n) is 32.7. The number of nitrogens with zero attached hydrogens (tertiary/aromatic N) is 1. The summed E-state index contributed by atoms with van der Waals surface area (Å²) in [7, 11) is 0. The Hall–Kier alpha value is -5.51. The van der Waals surface area contributed by atoms with Gasteiger partial charge in [-0.05, 0) is 129 Å². The molecule has 1 aromatic heterocycles. The Bertz CT molecular complexity index is 2720. The first kappa shape index (κ1) is 35.2. The van der Waals surface area contributed by atoms with E-state index in [1.165, 1.54) is 61.0 Å². The summed E-state index contributed by atoms with van der Waals surface area (Å²) in [5.41, 5.74) is 17.6. The minimum atomic E-state index is -0.227. The van der Waals surface area contributed by atoms with Gasteiger partial charge in [0, 0.05) is 38.0 Å². The molecule has 0 amide bonds. The lowest BCUT2D eigenvalue weighted by molar-refractivity contribution is 0.587. The number of hydrogen-bond donors (Lipinski definition) is 1. The third-order valence-electron chi connectivity index (χ3n) is 11.7. The van der Waals surface area contributed by atoms with Gasteiger partial charge in [-0.1, -0.05) is 132 Å². The molecule has 0 saturated heterocycles. The first-order valence-corrected chi connectivity index (χ1v) is 19.8. The first-order chi connectivity index (χ1) is 26.3. The van der Waals surface area contributed by atoms with Crippen LogP contribution in [0.4, 0.5) is 17.1 Å². The number of anilines is 3. The zero-order valence-corrected chi connectivity index (χ0v) is 33.6. The molecule has 3 heteroatoms. The molecule has 1 aliphatic carbocycles. The average Bonchev–Trinajstić information content (AvgIpc) is 3.66. The average molecular weight is 734 g/mol. The van der Waals surface area contributed by atoms with Gasteiger partial charge >= 0.3 is 0 Å². The summed E-state index contributed by atoms with van der Waals surface area (Å²) < 4.78 is 6.26. The van der Waals surface area contributed by atoms with Crippen LogP contribution in [0, 0.1) is 0 Å². The van der Waals surface area contributed by atoms with Gasteiger partial charge in [0.2, 0.25) is 0 Å². The van der Waals surface area contributed by atoms with Gasteiger partial charge in [0.25, 0.3) is 0 Å². The second kappa shape index (κ2) is 12.8. The van der Waals surface area contributed by atoms with Crippen LogP contribution in [0.2, 0.25) is 0 Å². The maximum atomic E-state index is 6.48.